The van der Waals surface area contributed by atoms with Gasteiger partial charge in [0.25, 0.3) is 15.9 Å². The molecular formula is C19H19N3O5S. The maximum atomic E-state index is 12.6. The fraction of sp³-hybridized carbons (Fsp3) is 0.263. The number of rotatable bonds is 4. The first-order valence-electron chi connectivity index (χ1n) is 8.86. The topological polar surface area (TPSA) is 96.0 Å². The second-order valence-electron chi connectivity index (χ2n) is 6.48. The molecule has 2 aliphatic rings. The number of carbonyl (C=O) groups is 2. The summed E-state index contributed by atoms with van der Waals surface area (Å²) >= 11 is 0. The summed E-state index contributed by atoms with van der Waals surface area (Å²) in [7, 11) is -4.02. The predicted octanol–water partition coefficient (Wildman–Crippen LogP) is 1.31. The van der Waals surface area contributed by atoms with Gasteiger partial charge in [0, 0.05) is 13.1 Å². The van der Waals surface area contributed by atoms with E-state index in [0.29, 0.717) is 36.3 Å². The Labute approximate surface area is 162 Å². The highest BCUT2D eigenvalue weighted by atomic mass is 32.2. The zero-order valence-electron chi connectivity index (χ0n) is 15.0. The predicted molar refractivity (Wildman–Crippen MR) is 103 cm³/mol. The molecule has 0 atom stereocenters. The van der Waals surface area contributed by atoms with Gasteiger partial charge in [-0.15, -0.1) is 0 Å². The van der Waals surface area contributed by atoms with Gasteiger partial charge in [-0.1, -0.05) is 24.3 Å². The summed E-state index contributed by atoms with van der Waals surface area (Å²) in [6, 6.07) is 13.2. The fourth-order valence-corrected chi connectivity index (χ4v) is 4.89. The molecule has 2 amide bonds. The highest BCUT2D eigenvalue weighted by Crippen LogP contribution is 2.30. The molecule has 0 aliphatic carbocycles. The number of benzene rings is 2. The maximum absolute atomic E-state index is 12.6. The highest BCUT2D eigenvalue weighted by molar-refractivity contribution is 7.90. The van der Waals surface area contributed by atoms with Gasteiger partial charge in [0.2, 0.25) is 5.91 Å². The van der Waals surface area contributed by atoms with Crippen molar-refractivity contribution in [2.75, 3.05) is 43.1 Å². The lowest BCUT2D eigenvalue weighted by atomic mass is 10.2. The Morgan fingerprint density at radius 2 is 1.71 bits per heavy atom. The van der Waals surface area contributed by atoms with E-state index in [2.05, 4.69) is 10.2 Å². The van der Waals surface area contributed by atoms with Gasteiger partial charge in [-0.2, -0.15) is 0 Å². The molecule has 9 heteroatoms. The number of hydrogen-bond acceptors (Lipinski definition) is 6. The van der Waals surface area contributed by atoms with E-state index in [0.717, 1.165) is 5.69 Å². The van der Waals surface area contributed by atoms with Crippen molar-refractivity contribution in [1.82, 2.24) is 4.31 Å². The van der Waals surface area contributed by atoms with E-state index in [1.54, 1.807) is 24.3 Å². The van der Waals surface area contributed by atoms with Crippen LogP contribution in [0.4, 0.5) is 11.4 Å². The summed E-state index contributed by atoms with van der Waals surface area (Å²) in [5.41, 5.74) is 1.48. The van der Waals surface area contributed by atoms with Crippen molar-refractivity contribution in [3.63, 3.8) is 0 Å². The number of para-hydroxylation sites is 2. The molecule has 2 aromatic rings. The summed E-state index contributed by atoms with van der Waals surface area (Å²) in [5.74, 6) is -1.27. The molecule has 2 heterocycles. The number of nitrogens with zero attached hydrogens (tertiary/aromatic N) is 2. The van der Waals surface area contributed by atoms with Crippen LogP contribution in [-0.2, 0) is 19.6 Å². The molecule has 0 saturated carbocycles. The molecule has 0 radical (unpaired) electrons. The van der Waals surface area contributed by atoms with E-state index in [4.69, 9.17) is 4.74 Å². The molecule has 2 aromatic carbocycles. The number of nitrogens with one attached hydrogen (secondary N) is 1. The zero-order valence-corrected chi connectivity index (χ0v) is 15.8. The smallest absolute Gasteiger partial charge is 0.269 e. The molecule has 0 aromatic heterocycles. The van der Waals surface area contributed by atoms with Crippen molar-refractivity contribution in [1.29, 1.82) is 0 Å². The number of morpholine rings is 1. The average Bonchev–Trinajstić information content (AvgIpc) is 2.90. The monoisotopic (exact) mass is 401 g/mol. The molecule has 1 fully saturated rings. The first kappa shape index (κ1) is 18.5. The van der Waals surface area contributed by atoms with Crippen LogP contribution < -0.4 is 10.2 Å². The van der Waals surface area contributed by atoms with Crippen LogP contribution in [0.1, 0.15) is 10.4 Å². The average molecular weight is 401 g/mol. The summed E-state index contributed by atoms with van der Waals surface area (Å²) in [4.78, 5) is 27.1. The maximum Gasteiger partial charge on any atom is 0.269 e. The van der Waals surface area contributed by atoms with Gasteiger partial charge in [-0.25, -0.2) is 12.7 Å². The van der Waals surface area contributed by atoms with Crippen molar-refractivity contribution in [3.05, 3.63) is 54.1 Å². The molecule has 4 rings (SSSR count). The van der Waals surface area contributed by atoms with E-state index in [-0.39, 0.29) is 10.5 Å². The van der Waals surface area contributed by atoms with Crippen molar-refractivity contribution in [2.45, 2.75) is 4.90 Å². The van der Waals surface area contributed by atoms with Gasteiger partial charge in [-0.3, -0.25) is 9.59 Å². The Kier molecular flexibility index (Phi) is 4.78. The van der Waals surface area contributed by atoms with Crippen molar-refractivity contribution >= 4 is 33.2 Å². The summed E-state index contributed by atoms with van der Waals surface area (Å²) < 4.78 is 31.2. The minimum atomic E-state index is -4.02. The van der Waals surface area contributed by atoms with Crippen LogP contribution in [0.3, 0.4) is 0 Å². The molecule has 28 heavy (non-hydrogen) atoms. The molecule has 146 valence electrons. The lowest BCUT2D eigenvalue weighted by Gasteiger charge is -2.30. The van der Waals surface area contributed by atoms with Gasteiger partial charge in [0.1, 0.15) is 11.4 Å². The van der Waals surface area contributed by atoms with Crippen LogP contribution in [0.15, 0.2) is 53.4 Å². The van der Waals surface area contributed by atoms with Crippen molar-refractivity contribution in [3.8, 4) is 0 Å². The van der Waals surface area contributed by atoms with Gasteiger partial charge >= 0.3 is 0 Å². The third-order valence-electron chi connectivity index (χ3n) is 4.73. The summed E-state index contributed by atoms with van der Waals surface area (Å²) in [6.45, 7) is 2.01. The highest BCUT2D eigenvalue weighted by Gasteiger charge is 2.41. The Morgan fingerprint density at radius 3 is 2.46 bits per heavy atom. The zero-order chi connectivity index (χ0) is 19.7. The first-order chi connectivity index (χ1) is 13.5. The molecular weight excluding hydrogens is 382 g/mol. The van der Waals surface area contributed by atoms with E-state index in [1.807, 2.05) is 12.1 Å². The molecule has 0 bridgehead atoms. The molecule has 2 aliphatic heterocycles. The Morgan fingerprint density at radius 1 is 1.04 bits per heavy atom. The molecule has 0 spiro atoms. The normalized spacial score (nSPS) is 18.1. The van der Waals surface area contributed by atoms with E-state index < -0.39 is 28.4 Å². The number of carbonyl (C=O) groups excluding carboxylic acids is 2. The van der Waals surface area contributed by atoms with Crippen LogP contribution in [0.2, 0.25) is 0 Å². The fourth-order valence-electron chi connectivity index (χ4n) is 3.37. The summed E-state index contributed by atoms with van der Waals surface area (Å²) in [5, 5.41) is 2.74. The van der Waals surface area contributed by atoms with E-state index in [1.165, 1.54) is 12.1 Å². The minimum Gasteiger partial charge on any atom is -0.378 e. The Balaban J connectivity index is 1.53. The van der Waals surface area contributed by atoms with Gasteiger partial charge in [-0.05, 0) is 24.3 Å². The van der Waals surface area contributed by atoms with Crippen LogP contribution >= 0.6 is 0 Å². The molecule has 8 nitrogen and oxygen atoms in total. The van der Waals surface area contributed by atoms with Gasteiger partial charge < -0.3 is 15.0 Å². The van der Waals surface area contributed by atoms with Gasteiger partial charge in [0.05, 0.1) is 30.2 Å². The number of hydrogen-bond donors (Lipinski definition) is 1. The van der Waals surface area contributed by atoms with E-state index >= 15 is 0 Å². The molecule has 1 saturated heterocycles. The van der Waals surface area contributed by atoms with Crippen LogP contribution in [0.25, 0.3) is 0 Å². The van der Waals surface area contributed by atoms with Crippen molar-refractivity contribution in [2.24, 2.45) is 0 Å². The second-order valence-corrected chi connectivity index (χ2v) is 8.31. The third kappa shape index (κ3) is 3.23. The second kappa shape index (κ2) is 7.25. The van der Waals surface area contributed by atoms with Crippen LogP contribution in [-0.4, -0.2) is 57.4 Å². The largest absolute Gasteiger partial charge is 0.378 e. The number of sulfonamides is 1. The third-order valence-corrected chi connectivity index (χ3v) is 6.52. The van der Waals surface area contributed by atoms with Crippen LogP contribution in [0.5, 0.6) is 0 Å². The number of fused-ring (bicyclic) bond motifs is 1. The SMILES string of the molecule is O=C(CN1C(=O)c2ccccc2S1(=O)=O)Nc1ccccc1N1CCOCC1. The molecule has 0 unspecified atom stereocenters. The number of ether oxygens (including phenoxy) is 1. The van der Waals surface area contributed by atoms with Gasteiger partial charge in [0.15, 0.2) is 0 Å². The standard InChI is InChI=1S/C19H19N3O5S/c23-18(13-22-19(24)14-5-1-4-8-17(14)28(22,25)26)20-15-6-2-3-7-16(15)21-9-11-27-12-10-21/h1-8H,9-13H2,(H,20,23). The summed E-state index contributed by atoms with van der Waals surface area (Å²) in [6.07, 6.45) is 0. The lowest BCUT2D eigenvalue weighted by Crippen LogP contribution is -2.39. The molecule has 1 N–H and O–H groups in total. The van der Waals surface area contributed by atoms with Crippen molar-refractivity contribution < 1.29 is 22.7 Å². The lowest BCUT2D eigenvalue weighted by molar-refractivity contribution is -0.116. The minimum absolute atomic E-state index is 0.0680. The first-order valence-corrected chi connectivity index (χ1v) is 10.3. The van der Waals surface area contributed by atoms with Crippen LogP contribution in [0, 0.1) is 0 Å². The Bertz CT molecular complexity index is 1030. The quantitative estimate of drug-likeness (QED) is 0.830. The number of amides is 2. The number of anilines is 2. The Hall–Kier alpha value is -2.91. The van der Waals surface area contributed by atoms with E-state index in [9.17, 15) is 18.0 Å².